The Morgan fingerprint density at radius 3 is 2.47 bits per heavy atom. The molecule has 1 aromatic carbocycles. The Balaban J connectivity index is 3.07. The van der Waals surface area contributed by atoms with E-state index in [1.165, 1.54) is 18.2 Å². The average Bonchev–Trinajstić information content (AvgIpc) is 2.25. The lowest BCUT2D eigenvalue weighted by Gasteiger charge is -2.17. The molecule has 0 amide bonds. The highest BCUT2D eigenvalue weighted by molar-refractivity contribution is 8.01. The van der Waals surface area contributed by atoms with Crippen LogP contribution in [0.15, 0.2) is 24.3 Å². The van der Waals surface area contributed by atoms with E-state index in [2.05, 4.69) is 4.74 Å². The van der Waals surface area contributed by atoms with E-state index in [-0.39, 0.29) is 10.6 Å². The predicted molar refractivity (Wildman–Crippen MR) is 59.9 cm³/mol. The van der Waals surface area contributed by atoms with Crippen molar-refractivity contribution in [3.8, 4) is 0 Å². The van der Waals surface area contributed by atoms with Gasteiger partial charge in [0.05, 0.1) is 7.11 Å². The molecule has 1 rings (SSSR count). The van der Waals surface area contributed by atoms with Crippen LogP contribution in [0.4, 0.5) is 13.2 Å². The maximum Gasteiger partial charge on any atom is 0.442 e. The number of alkyl halides is 3. The van der Waals surface area contributed by atoms with E-state index in [0.29, 0.717) is 0 Å². The molecule has 0 saturated carbocycles. The fourth-order valence-corrected chi connectivity index (χ4v) is 2.27. The van der Waals surface area contributed by atoms with Crippen LogP contribution >= 0.6 is 23.4 Å². The molecule has 0 aliphatic rings. The molecule has 17 heavy (non-hydrogen) atoms. The molecule has 94 valence electrons. The molecular formula is C10H8ClF3O2S. The number of esters is 1. The standard InChI is InChI=1S/C10H8ClF3O2S/c1-16-9(15)8(17-10(12,13)14)6-4-2-3-5-7(6)11/h2-5,8H,1H3. The molecule has 1 atom stereocenters. The number of hydrogen-bond acceptors (Lipinski definition) is 3. The third-order valence-electron chi connectivity index (χ3n) is 1.85. The Kier molecular flexibility index (Phi) is 4.70. The van der Waals surface area contributed by atoms with Crippen molar-refractivity contribution in [3.05, 3.63) is 34.9 Å². The fourth-order valence-electron chi connectivity index (χ4n) is 1.17. The van der Waals surface area contributed by atoms with Gasteiger partial charge in [0, 0.05) is 5.02 Å². The Hall–Kier alpha value is -0.880. The third-order valence-corrected chi connectivity index (χ3v) is 3.15. The van der Waals surface area contributed by atoms with Crippen molar-refractivity contribution in [3.63, 3.8) is 0 Å². The first-order valence-corrected chi connectivity index (χ1v) is 5.67. The summed E-state index contributed by atoms with van der Waals surface area (Å²) in [6, 6.07) is 5.86. The fraction of sp³-hybridized carbons (Fsp3) is 0.300. The van der Waals surface area contributed by atoms with Crippen LogP contribution < -0.4 is 0 Å². The molecule has 0 heterocycles. The van der Waals surface area contributed by atoms with Gasteiger partial charge in [-0.05, 0) is 23.4 Å². The first-order valence-electron chi connectivity index (χ1n) is 4.42. The second-order valence-electron chi connectivity index (χ2n) is 2.99. The summed E-state index contributed by atoms with van der Waals surface area (Å²) in [5.74, 6) is -0.986. The minimum Gasteiger partial charge on any atom is -0.468 e. The zero-order chi connectivity index (χ0) is 13.1. The summed E-state index contributed by atoms with van der Waals surface area (Å²) in [5, 5.41) is -1.41. The quantitative estimate of drug-likeness (QED) is 0.790. The number of benzene rings is 1. The number of hydrogen-bond donors (Lipinski definition) is 0. The van der Waals surface area contributed by atoms with Crippen LogP contribution in [0.2, 0.25) is 5.02 Å². The summed E-state index contributed by atoms with van der Waals surface area (Å²) < 4.78 is 41.3. The number of rotatable bonds is 3. The third kappa shape index (κ3) is 4.12. The Bertz CT molecular complexity index is 409. The lowest BCUT2D eigenvalue weighted by atomic mass is 10.1. The molecule has 0 spiro atoms. The van der Waals surface area contributed by atoms with E-state index in [1.807, 2.05) is 0 Å². The molecule has 1 aromatic rings. The minimum atomic E-state index is -4.54. The van der Waals surface area contributed by atoms with Crippen molar-refractivity contribution in [2.75, 3.05) is 7.11 Å². The summed E-state index contributed by atoms with van der Waals surface area (Å²) in [6.07, 6.45) is 0. The van der Waals surface area contributed by atoms with E-state index >= 15 is 0 Å². The number of ether oxygens (including phenoxy) is 1. The first kappa shape index (κ1) is 14.2. The van der Waals surface area contributed by atoms with Gasteiger partial charge in [0.25, 0.3) is 0 Å². The van der Waals surface area contributed by atoms with Gasteiger partial charge < -0.3 is 4.74 Å². The smallest absolute Gasteiger partial charge is 0.442 e. The van der Waals surface area contributed by atoms with Gasteiger partial charge in [-0.2, -0.15) is 13.2 Å². The molecule has 0 aliphatic heterocycles. The molecule has 0 bridgehead atoms. The Morgan fingerprint density at radius 1 is 1.41 bits per heavy atom. The first-order chi connectivity index (χ1) is 7.85. The highest BCUT2D eigenvalue weighted by Crippen LogP contribution is 2.44. The summed E-state index contributed by atoms with van der Waals surface area (Å²) in [5.41, 5.74) is -4.46. The zero-order valence-corrected chi connectivity index (χ0v) is 10.2. The van der Waals surface area contributed by atoms with Gasteiger partial charge in [-0.15, -0.1) is 0 Å². The van der Waals surface area contributed by atoms with Gasteiger partial charge in [-0.25, -0.2) is 0 Å². The Labute approximate surface area is 105 Å². The number of methoxy groups -OCH3 is 1. The molecule has 0 fully saturated rings. The SMILES string of the molecule is COC(=O)C(SC(F)(F)F)c1ccccc1Cl. The van der Waals surface area contributed by atoms with Crippen LogP contribution in [-0.2, 0) is 9.53 Å². The van der Waals surface area contributed by atoms with E-state index in [0.717, 1.165) is 7.11 Å². The number of carbonyl (C=O) groups is 1. The normalized spacial score (nSPS) is 13.2. The van der Waals surface area contributed by atoms with Crippen molar-refractivity contribution in [2.24, 2.45) is 0 Å². The highest BCUT2D eigenvalue weighted by Gasteiger charge is 2.38. The summed E-state index contributed by atoms with van der Waals surface area (Å²) >= 11 is 5.30. The summed E-state index contributed by atoms with van der Waals surface area (Å²) in [4.78, 5) is 11.3. The molecule has 1 unspecified atom stereocenters. The number of halogens is 4. The topological polar surface area (TPSA) is 26.3 Å². The van der Waals surface area contributed by atoms with Crippen molar-refractivity contribution in [1.29, 1.82) is 0 Å². The average molecular weight is 285 g/mol. The highest BCUT2D eigenvalue weighted by atomic mass is 35.5. The van der Waals surface area contributed by atoms with Crippen LogP contribution in [0.3, 0.4) is 0 Å². The van der Waals surface area contributed by atoms with Gasteiger partial charge >= 0.3 is 11.5 Å². The number of carbonyl (C=O) groups excluding carboxylic acids is 1. The molecule has 2 nitrogen and oxygen atoms in total. The molecular weight excluding hydrogens is 277 g/mol. The van der Waals surface area contributed by atoms with Crippen molar-refractivity contribution < 1.29 is 22.7 Å². The van der Waals surface area contributed by atoms with Crippen molar-refractivity contribution >= 4 is 29.3 Å². The molecule has 7 heteroatoms. The Morgan fingerprint density at radius 2 is 2.00 bits per heavy atom. The van der Waals surface area contributed by atoms with Crippen LogP contribution in [0.25, 0.3) is 0 Å². The van der Waals surface area contributed by atoms with E-state index < -0.39 is 28.5 Å². The maximum absolute atomic E-state index is 12.3. The van der Waals surface area contributed by atoms with Gasteiger partial charge in [0.15, 0.2) is 0 Å². The van der Waals surface area contributed by atoms with Crippen LogP contribution in [-0.4, -0.2) is 18.6 Å². The molecule has 0 radical (unpaired) electrons. The van der Waals surface area contributed by atoms with Gasteiger partial charge in [-0.1, -0.05) is 29.8 Å². The zero-order valence-electron chi connectivity index (χ0n) is 8.62. The van der Waals surface area contributed by atoms with Crippen LogP contribution in [0.5, 0.6) is 0 Å². The largest absolute Gasteiger partial charge is 0.468 e. The second kappa shape index (κ2) is 5.64. The van der Waals surface area contributed by atoms with Crippen molar-refractivity contribution in [2.45, 2.75) is 10.8 Å². The second-order valence-corrected chi connectivity index (χ2v) is 4.57. The van der Waals surface area contributed by atoms with Crippen LogP contribution in [0, 0.1) is 0 Å². The monoisotopic (exact) mass is 284 g/mol. The lowest BCUT2D eigenvalue weighted by Crippen LogP contribution is -2.16. The number of thioether (sulfide) groups is 1. The van der Waals surface area contributed by atoms with Gasteiger partial charge in [-0.3, -0.25) is 4.79 Å². The minimum absolute atomic E-state index is 0.0864. The van der Waals surface area contributed by atoms with Crippen LogP contribution in [0.1, 0.15) is 10.8 Å². The van der Waals surface area contributed by atoms with E-state index in [4.69, 9.17) is 11.6 Å². The van der Waals surface area contributed by atoms with E-state index in [1.54, 1.807) is 6.07 Å². The molecule has 0 saturated heterocycles. The van der Waals surface area contributed by atoms with Gasteiger partial charge in [0.1, 0.15) is 5.25 Å². The summed E-state index contributed by atoms with van der Waals surface area (Å²) in [7, 11) is 1.03. The van der Waals surface area contributed by atoms with E-state index in [9.17, 15) is 18.0 Å². The van der Waals surface area contributed by atoms with Gasteiger partial charge in [0.2, 0.25) is 0 Å². The molecule has 0 aliphatic carbocycles. The lowest BCUT2D eigenvalue weighted by molar-refractivity contribution is -0.140. The molecule has 0 aromatic heterocycles. The molecule has 0 N–H and O–H groups in total. The summed E-state index contributed by atoms with van der Waals surface area (Å²) in [6.45, 7) is 0. The van der Waals surface area contributed by atoms with Crippen molar-refractivity contribution in [1.82, 2.24) is 0 Å². The predicted octanol–water partition coefficient (Wildman–Crippen LogP) is 3.81. The maximum atomic E-state index is 12.3.